The summed E-state index contributed by atoms with van der Waals surface area (Å²) in [6.45, 7) is 10.5. The van der Waals surface area contributed by atoms with Crippen molar-refractivity contribution >= 4 is 5.91 Å². The average molecular weight is 292 g/mol. The standard InChI is InChI=1S/C18H32N2O/c1-17(2)14-7-9-18(17,3)15(13-14)19-16(21)8-12-20-10-5-4-6-11-20/h14-15H,4-13H2,1-3H3,(H,19,21)/t14-,15+,18-/m0/s1. The van der Waals surface area contributed by atoms with Crippen molar-refractivity contribution in [3.63, 3.8) is 0 Å². The number of fused-ring (bicyclic) bond motifs is 2. The molecule has 3 nitrogen and oxygen atoms in total. The summed E-state index contributed by atoms with van der Waals surface area (Å²) in [4.78, 5) is 14.8. The Kier molecular flexibility index (Phi) is 4.06. The van der Waals surface area contributed by atoms with Crippen molar-refractivity contribution in [2.45, 2.75) is 71.8 Å². The lowest BCUT2D eigenvalue weighted by atomic mass is 9.69. The molecule has 3 fully saturated rings. The van der Waals surface area contributed by atoms with E-state index in [0.29, 0.717) is 23.3 Å². The maximum atomic E-state index is 12.3. The van der Waals surface area contributed by atoms with Gasteiger partial charge in [-0.1, -0.05) is 27.2 Å². The fourth-order valence-electron chi connectivity index (χ4n) is 5.13. The quantitative estimate of drug-likeness (QED) is 0.863. The van der Waals surface area contributed by atoms with Crippen molar-refractivity contribution in [1.29, 1.82) is 0 Å². The van der Waals surface area contributed by atoms with Crippen LogP contribution in [0.25, 0.3) is 0 Å². The summed E-state index contributed by atoms with van der Waals surface area (Å²) in [6, 6.07) is 0.403. The molecule has 0 unspecified atom stereocenters. The van der Waals surface area contributed by atoms with Crippen molar-refractivity contribution in [2.24, 2.45) is 16.7 Å². The van der Waals surface area contributed by atoms with Crippen LogP contribution in [0.2, 0.25) is 0 Å². The first-order chi connectivity index (χ1) is 9.93. The van der Waals surface area contributed by atoms with E-state index in [1.807, 2.05) is 0 Å². The van der Waals surface area contributed by atoms with Gasteiger partial charge in [0.2, 0.25) is 5.91 Å². The Hall–Kier alpha value is -0.570. The van der Waals surface area contributed by atoms with E-state index < -0.39 is 0 Å². The predicted octanol–water partition coefficient (Wildman–Crippen LogP) is 3.19. The highest BCUT2D eigenvalue weighted by Gasteiger charge is 2.61. The smallest absolute Gasteiger partial charge is 0.221 e. The molecule has 0 aromatic carbocycles. The van der Waals surface area contributed by atoms with Gasteiger partial charge in [0.15, 0.2) is 0 Å². The predicted molar refractivity (Wildman–Crippen MR) is 86.1 cm³/mol. The first kappa shape index (κ1) is 15.3. The molecule has 3 heteroatoms. The van der Waals surface area contributed by atoms with Crippen LogP contribution in [0.1, 0.15) is 65.7 Å². The Morgan fingerprint density at radius 1 is 1.19 bits per heavy atom. The molecule has 2 bridgehead atoms. The SMILES string of the molecule is CC1(C)[C@H]2CC[C@@]1(C)[C@H](NC(=O)CCN1CCCCC1)C2. The molecule has 3 atom stereocenters. The zero-order valence-corrected chi connectivity index (χ0v) is 14.1. The zero-order valence-electron chi connectivity index (χ0n) is 14.1. The van der Waals surface area contributed by atoms with Crippen LogP contribution in [-0.2, 0) is 4.79 Å². The molecular weight excluding hydrogens is 260 g/mol. The van der Waals surface area contributed by atoms with E-state index in [-0.39, 0.29) is 5.91 Å². The van der Waals surface area contributed by atoms with Crippen LogP contribution in [0.15, 0.2) is 0 Å². The van der Waals surface area contributed by atoms with Crippen LogP contribution in [-0.4, -0.2) is 36.5 Å². The molecule has 21 heavy (non-hydrogen) atoms. The van der Waals surface area contributed by atoms with E-state index in [1.165, 1.54) is 51.6 Å². The molecule has 0 radical (unpaired) electrons. The number of rotatable bonds is 4. The van der Waals surface area contributed by atoms with Gasteiger partial charge >= 0.3 is 0 Å². The molecule has 2 saturated carbocycles. The highest BCUT2D eigenvalue weighted by Crippen LogP contribution is 2.65. The Morgan fingerprint density at radius 2 is 1.90 bits per heavy atom. The lowest BCUT2D eigenvalue weighted by molar-refractivity contribution is -0.123. The zero-order chi connectivity index (χ0) is 15.1. The molecule has 0 aromatic heterocycles. The summed E-state index contributed by atoms with van der Waals surface area (Å²) < 4.78 is 0. The molecule has 3 aliphatic rings. The Labute approximate surface area is 129 Å². The fourth-order valence-corrected chi connectivity index (χ4v) is 5.13. The Balaban J connectivity index is 1.49. The van der Waals surface area contributed by atoms with Crippen molar-refractivity contribution in [3.05, 3.63) is 0 Å². The van der Waals surface area contributed by atoms with Crippen LogP contribution in [0, 0.1) is 16.7 Å². The highest BCUT2D eigenvalue weighted by molar-refractivity contribution is 5.76. The highest BCUT2D eigenvalue weighted by atomic mass is 16.1. The fraction of sp³-hybridized carbons (Fsp3) is 0.944. The first-order valence-corrected chi connectivity index (χ1v) is 8.95. The number of hydrogen-bond acceptors (Lipinski definition) is 2. The molecular formula is C18H32N2O. The number of hydrogen-bond donors (Lipinski definition) is 1. The minimum atomic E-state index is 0.273. The maximum absolute atomic E-state index is 12.3. The van der Waals surface area contributed by atoms with E-state index in [2.05, 4.69) is 31.0 Å². The third-order valence-corrected chi connectivity index (χ3v) is 7.23. The number of amides is 1. The van der Waals surface area contributed by atoms with Gasteiger partial charge in [0.05, 0.1) is 0 Å². The summed E-state index contributed by atoms with van der Waals surface area (Å²) in [6.07, 6.45) is 8.47. The van der Waals surface area contributed by atoms with Gasteiger partial charge in [-0.2, -0.15) is 0 Å². The van der Waals surface area contributed by atoms with Gasteiger partial charge in [-0.05, 0) is 61.9 Å². The third-order valence-electron chi connectivity index (χ3n) is 7.23. The largest absolute Gasteiger partial charge is 0.353 e. The molecule has 1 heterocycles. The number of carbonyl (C=O) groups excluding carboxylic acids is 1. The first-order valence-electron chi connectivity index (χ1n) is 8.95. The minimum absolute atomic E-state index is 0.273. The van der Waals surface area contributed by atoms with Gasteiger partial charge in [-0.3, -0.25) is 4.79 Å². The average Bonchev–Trinajstić information content (AvgIpc) is 2.79. The van der Waals surface area contributed by atoms with Crippen molar-refractivity contribution < 1.29 is 4.79 Å². The van der Waals surface area contributed by atoms with Gasteiger partial charge in [0.25, 0.3) is 0 Å². The van der Waals surface area contributed by atoms with Crippen LogP contribution < -0.4 is 5.32 Å². The van der Waals surface area contributed by atoms with Gasteiger partial charge in [0, 0.05) is 19.0 Å². The number of piperidine rings is 1. The number of nitrogens with zero attached hydrogens (tertiary/aromatic N) is 1. The molecule has 120 valence electrons. The lowest BCUT2D eigenvalue weighted by Crippen LogP contribution is -2.47. The normalized spacial score (nSPS) is 38.6. The molecule has 0 aromatic rings. The summed E-state index contributed by atoms with van der Waals surface area (Å²) in [5.41, 5.74) is 0.691. The molecule has 2 aliphatic carbocycles. The maximum Gasteiger partial charge on any atom is 0.221 e. The van der Waals surface area contributed by atoms with Crippen LogP contribution >= 0.6 is 0 Å². The van der Waals surface area contributed by atoms with Gasteiger partial charge in [-0.25, -0.2) is 0 Å². The van der Waals surface area contributed by atoms with E-state index in [1.54, 1.807) is 0 Å². The van der Waals surface area contributed by atoms with E-state index in [4.69, 9.17) is 0 Å². The molecule has 0 spiro atoms. The second kappa shape index (κ2) is 5.57. The monoisotopic (exact) mass is 292 g/mol. The van der Waals surface area contributed by atoms with Gasteiger partial charge in [-0.15, -0.1) is 0 Å². The Bertz CT molecular complexity index is 400. The van der Waals surface area contributed by atoms with Crippen LogP contribution in [0.4, 0.5) is 0 Å². The second-order valence-corrected chi connectivity index (χ2v) is 8.38. The molecule has 3 rings (SSSR count). The molecule has 1 amide bonds. The lowest BCUT2D eigenvalue weighted by Gasteiger charge is -2.39. The number of nitrogens with one attached hydrogen (secondary N) is 1. The Morgan fingerprint density at radius 3 is 2.48 bits per heavy atom. The summed E-state index contributed by atoms with van der Waals surface area (Å²) >= 11 is 0. The van der Waals surface area contributed by atoms with E-state index in [0.717, 1.165) is 12.5 Å². The van der Waals surface area contributed by atoms with Crippen molar-refractivity contribution in [2.75, 3.05) is 19.6 Å². The molecule has 1 aliphatic heterocycles. The van der Waals surface area contributed by atoms with Crippen LogP contribution in [0.5, 0.6) is 0 Å². The van der Waals surface area contributed by atoms with Crippen molar-refractivity contribution in [3.8, 4) is 0 Å². The summed E-state index contributed by atoms with van der Waals surface area (Å²) in [7, 11) is 0. The molecule has 1 N–H and O–H groups in total. The number of carbonyl (C=O) groups is 1. The number of likely N-dealkylation sites (tertiary alicyclic amines) is 1. The summed E-state index contributed by atoms with van der Waals surface area (Å²) in [5, 5.41) is 3.38. The van der Waals surface area contributed by atoms with E-state index >= 15 is 0 Å². The summed E-state index contributed by atoms with van der Waals surface area (Å²) in [5.74, 6) is 1.07. The minimum Gasteiger partial charge on any atom is -0.353 e. The van der Waals surface area contributed by atoms with Crippen molar-refractivity contribution in [1.82, 2.24) is 10.2 Å². The third kappa shape index (κ3) is 2.62. The molecule has 1 saturated heterocycles. The van der Waals surface area contributed by atoms with Gasteiger partial charge in [0.1, 0.15) is 0 Å². The second-order valence-electron chi connectivity index (χ2n) is 8.38. The van der Waals surface area contributed by atoms with Gasteiger partial charge < -0.3 is 10.2 Å². The van der Waals surface area contributed by atoms with E-state index in [9.17, 15) is 4.79 Å². The topological polar surface area (TPSA) is 32.3 Å². The van der Waals surface area contributed by atoms with Crippen LogP contribution in [0.3, 0.4) is 0 Å².